The van der Waals surface area contributed by atoms with Crippen molar-refractivity contribution in [3.05, 3.63) is 70.3 Å². The minimum Gasteiger partial charge on any atom is -0.258 e. The van der Waals surface area contributed by atoms with Crippen LogP contribution in [0, 0.1) is 5.82 Å². The van der Waals surface area contributed by atoms with Gasteiger partial charge in [-0.2, -0.15) is 0 Å². The van der Waals surface area contributed by atoms with E-state index in [1.54, 1.807) is 24.3 Å². The van der Waals surface area contributed by atoms with E-state index in [0.29, 0.717) is 5.69 Å². The van der Waals surface area contributed by atoms with Gasteiger partial charge < -0.3 is 0 Å². The first-order valence-electron chi connectivity index (χ1n) is 7.16. The molecule has 0 saturated carbocycles. The third kappa shape index (κ3) is 3.78. The second kappa shape index (κ2) is 6.54. The molecule has 0 N–H and O–H groups in total. The molecule has 1 atom stereocenters. The van der Waals surface area contributed by atoms with E-state index in [-0.39, 0.29) is 10.6 Å². The van der Waals surface area contributed by atoms with Crippen LogP contribution in [0.1, 0.15) is 0 Å². The van der Waals surface area contributed by atoms with Gasteiger partial charge in [0.05, 0.1) is 22.4 Å². The fourth-order valence-electron chi connectivity index (χ4n) is 2.52. The van der Waals surface area contributed by atoms with Gasteiger partial charge >= 0.3 is 0 Å². The Morgan fingerprint density at radius 1 is 1.04 bits per heavy atom. The molecule has 1 heterocycles. The molecule has 0 bridgehead atoms. The quantitative estimate of drug-likeness (QED) is 0.724. The summed E-state index contributed by atoms with van der Waals surface area (Å²) < 4.78 is 64.7. The second-order valence-electron chi connectivity index (χ2n) is 5.46. The summed E-state index contributed by atoms with van der Waals surface area (Å²) >= 11 is 3.28. The predicted octanol–water partition coefficient (Wildman–Crippen LogP) is 3.09. The Balaban J connectivity index is 2.12. The summed E-state index contributed by atoms with van der Waals surface area (Å²) in [6.45, 7) is 0. The lowest BCUT2D eigenvalue weighted by atomic mass is 10.2. The Labute approximate surface area is 153 Å². The summed E-state index contributed by atoms with van der Waals surface area (Å²) in [6, 6.07) is 10.0. The topological polar surface area (TPSA) is 71.5 Å². The van der Waals surface area contributed by atoms with Gasteiger partial charge in [-0.15, -0.1) is 0 Å². The summed E-state index contributed by atoms with van der Waals surface area (Å²) in [5.74, 6) is -0.902. The predicted molar refractivity (Wildman–Crippen MR) is 96.9 cm³/mol. The van der Waals surface area contributed by atoms with Crippen LogP contribution in [-0.2, 0) is 19.9 Å². The van der Waals surface area contributed by atoms with Gasteiger partial charge in [-0.1, -0.05) is 15.9 Å². The second-order valence-corrected chi connectivity index (χ2v) is 10.1. The van der Waals surface area contributed by atoms with Crippen LogP contribution >= 0.6 is 15.9 Å². The lowest BCUT2D eigenvalue weighted by Crippen LogP contribution is -2.41. The number of benzene rings is 2. The molecule has 9 heteroatoms. The highest BCUT2D eigenvalue weighted by Gasteiger charge is 2.35. The largest absolute Gasteiger partial charge is 0.264 e. The molecule has 3 rings (SSSR count). The minimum atomic E-state index is -4.08. The molecule has 0 saturated heterocycles. The van der Waals surface area contributed by atoms with Crippen LogP contribution in [0.25, 0.3) is 0 Å². The molecule has 5 nitrogen and oxygen atoms in total. The van der Waals surface area contributed by atoms with Crippen molar-refractivity contribution in [3.8, 4) is 0 Å². The highest BCUT2D eigenvalue weighted by Crippen LogP contribution is 2.30. The molecular weight excluding hydrogens is 433 g/mol. The Kier molecular flexibility index (Phi) is 4.74. The van der Waals surface area contributed by atoms with Gasteiger partial charge in [0.25, 0.3) is 10.0 Å². The van der Waals surface area contributed by atoms with Gasteiger partial charge in [-0.25, -0.2) is 21.2 Å². The maximum atomic E-state index is 13.1. The number of nitrogens with zero attached hydrogens (tertiary/aromatic N) is 1. The third-order valence-electron chi connectivity index (χ3n) is 3.66. The van der Waals surface area contributed by atoms with E-state index in [9.17, 15) is 21.2 Å². The van der Waals surface area contributed by atoms with E-state index in [0.717, 1.165) is 38.5 Å². The Morgan fingerprint density at radius 3 is 2.16 bits per heavy atom. The number of sulfone groups is 1. The molecule has 1 aliphatic rings. The van der Waals surface area contributed by atoms with Crippen molar-refractivity contribution in [3.63, 3.8) is 0 Å². The number of anilines is 1. The molecule has 0 radical (unpaired) electrons. The van der Waals surface area contributed by atoms with Crippen molar-refractivity contribution in [1.82, 2.24) is 0 Å². The maximum Gasteiger partial charge on any atom is 0.264 e. The summed E-state index contributed by atoms with van der Waals surface area (Å²) in [5, 5.41) is 1.02. The van der Waals surface area contributed by atoms with E-state index < -0.39 is 31.7 Å². The molecule has 0 aliphatic carbocycles. The first-order chi connectivity index (χ1) is 11.7. The van der Waals surface area contributed by atoms with Crippen LogP contribution in [0.3, 0.4) is 0 Å². The Bertz CT molecular complexity index is 1020. The molecule has 25 heavy (non-hydrogen) atoms. The van der Waals surface area contributed by atoms with E-state index in [4.69, 9.17) is 0 Å². The number of hydrogen-bond donors (Lipinski definition) is 0. The Morgan fingerprint density at radius 2 is 1.64 bits per heavy atom. The lowest BCUT2D eigenvalue weighted by Gasteiger charge is -2.29. The van der Waals surface area contributed by atoms with E-state index in [1.165, 1.54) is 6.08 Å². The van der Waals surface area contributed by atoms with Gasteiger partial charge in [0, 0.05) is 9.88 Å². The van der Waals surface area contributed by atoms with Crippen LogP contribution in [0.5, 0.6) is 0 Å². The molecule has 2 aromatic rings. The molecule has 0 fully saturated rings. The SMILES string of the molecule is O=S1(=O)C=CC(N(c2ccc(Br)cc2)S(=O)(=O)c2ccc(F)cc2)C1. The molecule has 1 aliphatic heterocycles. The van der Waals surface area contributed by atoms with Gasteiger partial charge in [0.2, 0.25) is 0 Å². The van der Waals surface area contributed by atoms with Crippen LogP contribution in [-0.4, -0.2) is 28.6 Å². The molecule has 0 spiro atoms. The molecule has 2 aromatic carbocycles. The first-order valence-corrected chi connectivity index (χ1v) is 11.1. The minimum absolute atomic E-state index is 0.116. The average molecular weight is 446 g/mol. The number of rotatable bonds is 4. The van der Waals surface area contributed by atoms with Crippen LogP contribution < -0.4 is 4.31 Å². The van der Waals surface area contributed by atoms with Gasteiger partial charge in [-0.05, 0) is 54.6 Å². The van der Waals surface area contributed by atoms with E-state index in [1.807, 2.05) is 0 Å². The van der Waals surface area contributed by atoms with Crippen LogP contribution in [0.15, 0.2) is 69.4 Å². The monoisotopic (exact) mass is 445 g/mol. The molecule has 132 valence electrons. The molecule has 0 aromatic heterocycles. The highest BCUT2D eigenvalue weighted by molar-refractivity contribution is 9.10. The lowest BCUT2D eigenvalue weighted by molar-refractivity contribution is 0.585. The zero-order valence-corrected chi connectivity index (χ0v) is 15.9. The fraction of sp³-hybridized carbons (Fsp3) is 0.125. The van der Waals surface area contributed by atoms with Gasteiger partial charge in [0.15, 0.2) is 9.84 Å². The molecular formula is C16H13BrFNO4S2. The fourth-order valence-corrected chi connectivity index (χ4v) is 5.76. The molecule has 1 unspecified atom stereocenters. The summed E-state index contributed by atoms with van der Waals surface area (Å²) in [6.07, 6.45) is 1.35. The first kappa shape index (κ1) is 18.1. The number of sulfonamides is 1. The van der Waals surface area contributed by atoms with Crippen LogP contribution in [0.4, 0.5) is 10.1 Å². The van der Waals surface area contributed by atoms with Crippen molar-refractivity contribution in [2.75, 3.05) is 10.1 Å². The Hall–Kier alpha value is -1.71. The van der Waals surface area contributed by atoms with Crippen molar-refractivity contribution >= 4 is 41.5 Å². The highest BCUT2D eigenvalue weighted by atomic mass is 79.9. The summed E-state index contributed by atoms with van der Waals surface area (Å²) in [4.78, 5) is -0.116. The standard InChI is InChI=1S/C16H13BrFNO4S2/c17-12-1-5-14(6-2-12)19(15-9-10-24(20,21)11-15)25(22,23)16-7-3-13(18)4-8-16/h1-10,15H,11H2. The van der Waals surface area contributed by atoms with Crippen molar-refractivity contribution in [2.45, 2.75) is 10.9 Å². The van der Waals surface area contributed by atoms with Crippen molar-refractivity contribution in [1.29, 1.82) is 0 Å². The van der Waals surface area contributed by atoms with E-state index in [2.05, 4.69) is 15.9 Å². The summed E-state index contributed by atoms with van der Waals surface area (Å²) in [5.41, 5.74) is 0.319. The average Bonchev–Trinajstić information content (AvgIpc) is 2.89. The van der Waals surface area contributed by atoms with Crippen molar-refractivity contribution in [2.24, 2.45) is 0 Å². The smallest absolute Gasteiger partial charge is 0.258 e. The zero-order valence-electron chi connectivity index (χ0n) is 12.7. The normalized spacial score (nSPS) is 19.0. The third-order valence-corrected chi connectivity index (χ3v) is 7.44. The van der Waals surface area contributed by atoms with Gasteiger partial charge in [0.1, 0.15) is 5.82 Å². The zero-order chi connectivity index (χ0) is 18.2. The van der Waals surface area contributed by atoms with Crippen molar-refractivity contribution < 1.29 is 21.2 Å². The maximum absolute atomic E-state index is 13.1. The van der Waals surface area contributed by atoms with Crippen LogP contribution in [0.2, 0.25) is 0 Å². The number of halogens is 2. The van der Waals surface area contributed by atoms with E-state index >= 15 is 0 Å². The number of hydrogen-bond acceptors (Lipinski definition) is 4. The molecule has 0 amide bonds. The van der Waals surface area contributed by atoms with Gasteiger partial charge in [-0.3, -0.25) is 4.31 Å². The summed E-state index contributed by atoms with van der Waals surface area (Å²) in [7, 11) is -7.54.